The molecule has 0 unspecified atom stereocenters. The van der Waals surface area contributed by atoms with Crippen molar-refractivity contribution in [2.24, 2.45) is 0 Å². The molecule has 1 aromatic heterocycles. The van der Waals surface area contributed by atoms with Crippen molar-refractivity contribution in [3.63, 3.8) is 0 Å². The number of nitrogens with one attached hydrogen (secondary N) is 2. The zero-order valence-corrected chi connectivity index (χ0v) is 9.80. The highest BCUT2D eigenvalue weighted by molar-refractivity contribution is 7.99. The van der Waals surface area contributed by atoms with Crippen LogP contribution in [0.25, 0.3) is 0 Å². The summed E-state index contributed by atoms with van der Waals surface area (Å²) in [6.07, 6.45) is 1.57. The fourth-order valence-electron chi connectivity index (χ4n) is 1.63. The first kappa shape index (κ1) is 10.2. The average Bonchev–Trinajstić information content (AvgIpc) is 2.35. The summed E-state index contributed by atoms with van der Waals surface area (Å²) in [5, 5.41) is 3.16. The molecule has 0 spiro atoms. The summed E-state index contributed by atoms with van der Waals surface area (Å²) in [5.41, 5.74) is 0.562. The molecule has 0 fully saturated rings. The van der Waals surface area contributed by atoms with Gasteiger partial charge in [0.2, 0.25) is 0 Å². The Balaban J connectivity index is 2.08. The summed E-state index contributed by atoms with van der Waals surface area (Å²) in [5.74, 6) is 1.45. The lowest BCUT2D eigenvalue weighted by molar-refractivity contribution is 0.414. The van der Waals surface area contributed by atoms with Gasteiger partial charge >= 0.3 is 5.69 Å². The molecule has 0 aliphatic carbocycles. The summed E-state index contributed by atoms with van der Waals surface area (Å²) in [6, 6.07) is 5.77. The summed E-state index contributed by atoms with van der Waals surface area (Å²) in [6.45, 7) is 0. The largest absolute Gasteiger partial charge is 0.497 e. The van der Waals surface area contributed by atoms with E-state index in [1.165, 1.54) is 0 Å². The molecule has 86 valence electrons. The number of aromatic amines is 1. The molecular formula is C11H9N3O2S. The number of H-pyrrole nitrogens is 1. The van der Waals surface area contributed by atoms with E-state index in [0.717, 1.165) is 21.2 Å². The minimum atomic E-state index is -0.358. The van der Waals surface area contributed by atoms with Crippen LogP contribution in [0.1, 0.15) is 0 Å². The highest BCUT2D eigenvalue weighted by Crippen LogP contribution is 2.43. The van der Waals surface area contributed by atoms with Crippen LogP contribution in [0, 0.1) is 0 Å². The van der Waals surface area contributed by atoms with E-state index < -0.39 is 0 Å². The zero-order chi connectivity index (χ0) is 11.8. The van der Waals surface area contributed by atoms with Crippen LogP contribution in [-0.4, -0.2) is 17.1 Å². The Labute approximate surface area is 101 Å². The van der Waals surface area contributed by atoms with E-state index in [-0.39, 0.29) is 5.69 Å². The normalized spacial score (nSPS) is 12.3. The quantitative estimate of drug-likeness (QED) is 0.688. The van der Waals surface area contributed by atoms with Gasteiger partial charge in [-0.25, -0.2) is 9.78 Å². The molecule has 0 saturated heterocycles. The van der Waals surface area contributed by atoms with Gasteiger partial charge in [-0.15, -0.1) is 0 Å². The maximum absolute atomic E-state index is 11.1. The molecule has 0 saturated carbocycles. The van der Waals surface area contributed by atoms with Gasteiger partial charge in [-0.1, -0.05) is 11.8 Å². The van der Waals surface area contributed by atoms with E-state index >= 15 is 0 Å². The molecule has 1 aromatic carbocycles. The van der Waals surface area contributed by atoms with Crippen molar-refractivity contribution < 1.29 is 4.74 Å². The molecule has 17 heavy (non-hydrogen) atoms. The molecule has 1 aliphatic rings. The van der Waals surface area contributed by atoms with Crippen LogP contribution in [0.4, 0.5) is 11.5 Å². The third kappa shape index (κ3) is 1.76. The van der Waals surface area contributed by atoms with Crippen LogP contribution in [0.2, 0.25) is 0 Å². The lowest BCUT2D eigenvalue weighted by Crippen LogP contribution is -2.14. The van der Waals surface area contributed by atoms with Gasteiger partial charge in [0.05, 0.1) is 23.9 Å². The van der Waals surface area contributed by atoms with Crippen LogP contribution >= 0.6 is 11.8 Å². The van der Waals surface area contributed by atoms with Crippen molar-refractivity contribution in [3.05, 3.63) is 34.9 Å². The van der Waals surface area contributed by atoms with Crippen LogP contribution in [0.5, 0.6) is 5.75 Å². The lowest BCUT2D eigenvalue weighted by Gasteiger charge is -2.19. The summed E-state index contributed by atoms with van der Waals surface area (Å²) >= 11 is 1.56. The van der Waals surface area contributed by atoms with Crippen molar-refractivity contribution in [3.8, 4) is 5.75 Å². The third-order valence-electron chi connectivity index (χ3n) is 2.44. The van der Waals surface area contributed by atoms with Crippen molar-refractivity contribution in [1.29, 1.82) is 0 Å². The van der Waals surface area contributed by atoms with E-state index in [4.69, 9.17) is 4.74 Å². The van der Waals surface area contributed by atoms with Gasteiger partial charge in [0.15, 0.2) is 0 Å². The number of ether oxygens (including phenoxy) is 1. The van der Waals surface area contributed by atoms with Gasteiger partial charge in [-0.05, 0) is 12.1 Å². The summed E-state index contributed by atoms with van der Waals surface area (Å²) < 4.78 is 5.16. The van der Waals surface area contributed by atoms with Gasteiger partial charge in [0.25, 0.3) is 0 Å². The van der Waals surface area contributed by atoms with E-state index in [1.807, 2.05) is 18.2 Å². The highest BCUT2D eigenvalue weighted by Gasteiger charge is 2.17. The number of anilines is 2. The Morgan fingerprint density at radius 1 is 1.35 bits per heavy atom. The Bertz CT molecular complexity index is 639. The predicted molar refractivity (Wildman–Crippen MR) is 65.3 cm³/mol. The number of hydrogen-bond acceptors (Lipinski definition) is 5. The molecule has 2 heterocycles. The van der Waals surface area contributed by atoms with Crippen LogP contribution in [0.15, 0.2) is 39.0 Å². The second kappa shape index (κ2) is 3.81. The maximum Gasteiger partial charge on any atom is 0.346 e. The first-order valence-electron chi connectivity index (χ1n) is 4.98. The van der Waals surface area contributed by atoms with Crippen LogP contribution in [0.3, 0.4) is 0 Å². The topological polar surface area (TPSA) is 67.0 Å². The van der Waals surface area contributed by atoms with E-state index in [0.29, 0.717) is 5.82 Å². The standard InChI is InChI=1S/C11H9N3O2S/c1-16-6-2-3-8-7(4-6)13-10-9(17-8)5-12-11(15)14-10/h2-5H,1H3,(H2,12,13,14,15). The minimum Gasteiger partial charge on any atom is -0.497 e. The number of rotatable bonds is 1. The highest BCUT2D eigenvalue weighted by atomic mass is 32.2. The number of methoxy groups -OCH3 is 1. The molecule has 0 amide bonds. The van der Waals surface area contributed by atoms with Crippen molar-refractivity contribution >= 4 is 23.3 Å². The van der Waals surface area contributed by atoms with Gasteiger partial charge in [-0.2, -0.15) is 0 Å². The number of fused-ring (bicyclic) bond motifs is 2. The Morgan fingerprint density at radius 2 is 2.24 bits per heavy atom. The molecule has 5 nitrogen and oxygen atoms in total. The van der Waals surface area contributed by atoms with Crippen LogP contribution in [-0.2, 0) is 0 Å². The van der Waals surface area contributed by atoms with Gasteiger partial charge in [-0.3, -0.25) is 4.98 Å². The Morgan fingerprint density at radius 3 is 3.06 bits per heavy atom. The fraction of sp³-hybridized carbons (Fsp3) is 0.0909. The number of benzene rings is 1. The van der Waals surface area contributed by atoms with Crippen molar-refractivity contribution in [1.82, 2.24) is 9.97 Å². The van der Waals surface area contributed by atoms with Gasteiger partial charge < -0.3 is 10.1 Å². The van der Waals surface area contributed by atoms with Crippen molar-refractivity contribution in [2.75, 3.05) is 12.4 Å². The SMILES string of the molecule is COc1ccc2c(c1)Nc1[nH]c(=O)ncc1S2. The lowest BCUT2D eigenvalue weighted by atomic mass is 10.3. The molecule has 6 heteroatoms. The first-order chi connectivity index (χ1) is 8.26. The maximum atomic E-state index is 11.1. The molecule has 3 rings (SSSR count). The molecule has 2 aromatic rings. The number of aromatic nitrogens is 2. The average molecular weight is 247 g/mol. The van der Waals surface area contributed by atoms with Crippen LogP contribution < -0.4 is 15.7 Å². The minimum absolute atomic E-state index is 0.358. The van der Waals surface area contributed by atoms with E-state index in [9.17, 15) is 4.79 Å². The Kier molecular flexibility index (Phi) is 2.29. The molecule has 2 N–H and O–H groups in total. The van der Waals surface area contributed by atoms with Crippen molar-refractivity contribution in [2.45, 2.75) is 9.79 Å². The Hall–Kier alpha value is -1.95. The van der Waals surface area contributed by atoms with E-state index in [2.05, 4.69) is 15.3 Å². The first-order valence-corrected chi connectivity index (χ1v) is 5.80. The van der Waals surface area contributed by atoms with Gasteiger partial charge in [0.1, 0.15) is 11.6 Å². The molecule has 0 bridgehead atoms. The summed E-state index contributed by atoms with van der Waals surface area (Å²) in [4.78, 5) is 19.5. The molecule has 1 aliphatic heterocycles. The zero-order valence-electron chi connectivity index (χ0n) is 8.98. The smallest absolute Gasteiger partial charge is 0.346 e. The second-order valence-corrected chi connectivity index (χ2v) is 4.60. The van der Waals surface area contributed by atoms with E-state index in [1.54, 1.807) is 25.1 Å². The summed E-state index contributed by atoms with van der Waals surface area (Å²) in [7, 11) is 1.62. The third-order valence-corrected chi connectivity index (χ3v) is 3.55. The molecule has 0 atom stereocenters. The number of hydrogen-bond donors (Lipinski definition) is 2. The monoisotopic (exact) mass is 247 g/mol. The predicted octanol–water partition coefficient (Wildman–Crippen LogP) is 1.99. The molecular weight excluding hydrogens is 238 g/mol. The number of nitrogens with zero attached hydrogens (tertiary/aromatic N) is 1. The molecule has 0 radical (unpaired) electrons. The van der Waals surface area contributed by atoms with Gasteiger partial charge in [0, 0.05) is 11.0 Å². The second-order valence-electron chi connectivity index (χ2n) is 3.52. The fourth-order valence-corrected chi connectivity index (χ4v) is 2.53.